The molecule has 0 spiro atoms. The van der Waals surface area contributed by atoms with Crippen LogP contribution in [0.1, 0.15) is 168 Å². The van der Waals surface area contributed by atoms with Gasteiger partial charge in [0.05, 0.1) is 12.2 Å². The normalized spacial score (nSPS) is 17.7. The molecule has 46 heavy (non-hydrogen) atoms. The minimum absolute atomic E-state index is 0.135. The van der Waals surface area contributed by atoms with E-state index in [4.69, 9.17) is 14.2 Å². The van der Waals surface area contributed by atoms with Gasteiger partial charge >= 0.3 is 11.9 Å². The number of carbonyl (C=O) groups is 2. The van der Waals surface area contributed by atoms with Gasteiger partial charge in [0.25, 0.3) is 0 Å². The van der Waals surface area contributed by atoms with Gasteiger partial charge in [0.2, 0.25) is 0 Å². The van der Waals surface area contributed by atoms with Crippen molar-refractivity contribution in [1.29, 1.82) is 0 Å². The summed E-state index contributed by atoms with van der Waals surface area (Å²) in [6.07, 6.45) is 38.0. The molecule has 1 aliphatic heterocycles. The number of allylic oxidation sites excluding steroid dienone is 5. The zero-order valence-corrected chi connectivity index (χ0v) is 29.9. The highest BCUT2D eigenvalue weighted by atomic mass is 16.6. The lowest BCUT2D eigenvalue weighted by atomic mass is 9.99. The third-order valence-corrected chi connectivity index (χ3v) is 8.84. The molecule has 0 bridgehead atoms. The number of ether oxygens (including phenoxy) is 3. The lowest BCUT2D eigenvalue weighted by Crippen LogP contribution is -2.25. The van der Waals surface area contributed by atoms with Crippen LogP contribution in [-0.2, 0) is 23.8 Å². The number of hydrogen-bond donors (Lipinski definition) is 1. The van der Waals surface area contributed by atoms with Crippen LogP contribution < -0.4 is 0 Å². The minimum Gasteiger partial charge on any atom is -0.463 e. The Kier molecular flexibility index (Phi) is 27.8. The zero-order valence-electron chi connectivity index (χ0n) is 29.9. The van der Waals surface area contributed by atoms with E-state index in [1.54, 1.807) is 0 Å². The molecule has 1 heterocycles. The molecular formula is C40H70O6. The summed E-state index contributed by atoms with van der Waals surface area (Å²) < 4.78 is 16.0. The SMILES string of the molecule is CCCCCC1OC1C/C=C\C/C=C\C/C=C\CCCC(=O)OC[C@H](O)COC(=O)CCCCCCCCCCCCC(C)CC. The molecule has 0 aromatic heterocycles. The lowest BCUT2D eigenvalue weighted by Gasteiger charge is -2.12. The number of aliphatic hydroxyl groups excluding tert-OH is 1. The van der Waals surface area contributed by atoms with Crippen LogP contribution in [0.25, 0.3) is 0 Å². The summed E-state index contributed by atoms with van der Waals surface area (Å²) in [5, 5.41) is 9.99. The Morgan fingerprint density at radius 2 is 1.22 bits per heavy atom. The van der Waals surface area contributed by atoms with Gasteiger partial charge in [-0.1, -0.05) is 147 Å². The van der Waals surface area contributed by atoms with Crippen LogP contribution >= 0.6 is 0 Å². The highest BCUT2D eigenvalue weighted by molar-refractivity contribution is 5.69. The fraction of sp³-hybridized carbons (Fsp3) is 0.800. The fourth-order valence-electron chi connectivity index (χ4n) is 5.44. The number of esters is 2. The molecule has 0 aromatic carbocycles. The van der Waals surface area contributed by atoms with Crippen molar-refractivity contribution >= 4 is 11.9 Å². The number of epoxide rings is 1. The molecular weight excluding hydrogens is 576 g/mol. The van der Waals surface area contributed by atoms with Gasteiger partial charge in [-0.2, -0.15) is 0 Å². The lowest BCUT2D eigenvalue weighted by molar-refractivity contribution is -0.152. The fourth-order valence-corrected chi connectivity index (χ4v) is 5.44. The summed E-state index contributed by atoms with van der Waals surface area (Å²) in [5.74, 6) is 0.241. The van der Waals surface area contributed by atoms with E-state index in [0.717, 1.165) is 50.9 Å². The first-order valence-corrected chi connectivity index (χ1v) is 19.1. The molecule has 6 nitrogen and oxygen atoms in total. The van der Waals surface area contributed by atoms with Crippen LogP contribution in [0.4, 0.5) is 0 Å². The standard InChI is InChI=1S/C40H70O6/c1-4-6-23-29-37-38(46-37)30-25-20-16-12-8-10-14-18-22-27-32-40(43)45-34-36(41)33-44-39(42)31-26-21-17-13-9-7-11-15-19-24-28-35(3)5-2/h8,12,14,18,20,25,35-38,41H,4-7,9-11,13,15-17,19,21-24,26-34H2,1-3H3/b12-8-,18-14-,25-20-/t35?,36-,37?,38?/m1/s1. The number of hydrogen-bond acceptors (Lipinski definition) is 6. The van der Waals surface area contributed by atoms with Crippen LogP contribution in [0.15, 0.2) is 36.5 Å². The van der Waals surface area contributed by atoms with Crippen LogP contribution in [0.3, 0.4) is 0 Å². The Balaban J connectivity index is 1.86. The Bertz CT molecular complexity index is 819. The minimum atomic E-state index is -0.987. The van der Waals surface area contributed by atoms with Gasteiger partial charge in [-0.3, -0.25) is 9.59 Å². The predicted octanol–water partition coefficient (Wildman–Crippen LogP) is 10.5. The second-order valence-electron chi connectivity index (χ2n) is 13.3. The van der Waals surface area contributed by atoms with Gasteiger partial charge in [-0.25, -0.2) is 0 Å². The Labute approximate surface area is 282 Å². The first-order valence-electron chi connectivity index (χ1n) is 19.1. The molecule has 1 N–H and O–H groups in total. The maximum atomic E-state index is 11.9. The Hall–Kier alpha value is -1.92. The largest absolute Gasteiger partial charge is 0.463 e. The van der Waals surface area contributed by atoms with Crippen LogP contribution in [0.5, 0.6) is 0 Å². The van der Waals surface area contributed by atoms with Gasteiger partial charge < -0.3 is 19.3 Å². The molecule has 3 unspecified atom stereocenters. The molecule has 6 heteroatoms. The van der Waals surface area contributed by atoms with E-state index in [1.165, 1.54) is 83.5 Å². The third kappa shape index (κ3) is 27.2. The van der Waals surface area contributed by atoms with Crippen LogP contribution in [0, 0.1) is 5.92 Å². The van der Waals surface area contributed by atoms with Gasteiger partial charge in [-0.05, 0) is 50.9 Å². The molecule has 1 rings (SSSR count). The van der Waals surface area contributed by atoms with Crippen molar-refractivity contribution in [3.63, 3.8) is 0 Å². The average Bonchev–Trinajstić information content (AvgIpc) is 3.81. The van der Waals surface area contributed by atoms with E-state index in [1.807, 2.05) is 0 Å². The number of aliphatic hydroxyl groups is 1. The van der Waals surface area contributed by atoms with E-state index in [9.17, 15) is 14.7 Å². The molecule has 0 aliphatic carbocycles. The summed E-state index contributed by atoms with van der Waals surface area (Å²) in [4.78, 5) is 23.9. The first-order chi connectivity index (χ1) is 22.5. The van der Waals surface area contributed by atoms with Crippen LogP contribution in [-0.4, -0.2) is 48.6 Å². The highest BCUT2D eigenvalue weighted by Crippen LogP contribution is 2.30. The van der Waals surface area contributed by atoms with Gasteiger partial charge in [-0.15, -0.1) is 0 Å². The Morgan fingerprint density at radius 1 is 0.674 bits per heavy atom. The summed E-state index contributed by atoms with van der Waals surface area (Å²) in [6, 6.07) is 0. The number of unbranched alkanes of at least 4 members (excludes halogenated alkanes) is 12. The van der Waals surface area contributed by atoms with Gasteiger partial charge in [0, 0.05) is 12.8 Å². The zero-order chi connectivity index (χ0) is 33.5. The molecule has 1 aliphatic rings. The highest BCUT2D eigenvalue weighted by Gasteiger charge is 2.36. The number of rotatable bonds is 32. The summed E-state index contributed by atoms with van der Waals surface area (Å²) >= 11 is 0. The molecule has 0 amide bonds. The molecule has 4 atom stereocenters. The van der Waals surface area contributed by atoms with Crippen molar-refractivity contribution in [3.8, 4) is 0 Å². The number of carbonyl (C=O) groups excluding carboxylic acids is 2. The van der Waals surface area contributed by atoms with Crippen molar-refractivity contribution in [3.05, 3.63) is 36.5 Å². The van der Waals surface area contributed by atoms with Crippen LogP contribution in [0.2, 0.25) is 0 Å². The molecule has 1 fully saturated rings. The van der Waals surface area contributed by atoms with E-state index in [-0.39, 0.29) is 25.2 Å². The van der Waals surface area contributed by atoms with Gasteiger partial charge in [0.1, 0.15) is 19.3 Å². The van der Waals surface area contributed by atoms with Crippen molar-refractivity contribution < 1.29 is 28.9 Å². The maximum Gasteiger partial charge on any atom is 0.305 e. The van der Waals surface area contributed by atoms with Crippen molar-refractivity contribution in [2.75, 3.05) is 13.2 Å². The van der Waals surface area contributed by atoms with Crippen molar-refractivity contribution in [2.45, 2.75) is 187 Å². The molecule has 0 saturated carbocycles. The monoisotopic (exact) mass is 647 g/mol. The quantitative estimate of drug-likeness (QED) is 0.0339. The van der Waals surface area contributed by atoms with Crippen molar-refractivity contribution in [2.24, 2.45) is 5.92 Å². The first kappa shape index (κ1) is 42.1. The summed E-state index contributed by atoms with van der Waals surface area (Å²) in [7, 11) is 0. The second-order valence-corrected chi connectivity index (χ2v) is 13.3. The smallest absolute Gasteiger partial charge is 0.305 e. The Morgan fingerprint density at radius 3 is 1.83 bits per heavy atom. The van der Waals surface area contributed by atoms with E-state index >= 15 is 0 Å². The molecule has 266 valence electrons. The van der Waals surface area contributed by atoms with E-state index in [0.29, 0.717) is 31.5 Å². The second kappa shape index (κ2) is 30.4. The van der Waals surface area contributed by atoms with Gasteiger partial charge in [0.15, 0.2) is 0 Å². The topological polar surface area (TPSA) is 85.4 Å². The van der Waals surface area contributed by atoms with Crippen molar-refractivity contribution in [1.82, 2.24) is 0 Å². The third-order valence-electron chi connectivity index (χ3n) is 8.84. The summed E-state index contributed by atoms with van der Waals surface area (Å²) in [5.41, 5.74) is 0. The summed E-state index contributed by atoms with van der Waals surface area (Å²) in [6.45, 7) is 6.57. The molecule has 1 saturated heterocycles. The average molecular weight is 647 g/mol. The maximum absolute atomic E-state index is 11.9. The molecule has 0 radical (unpaired) electrons. The van der Waals surface area contributed by atoms with E-state index in [2.05, 4.69) is 57.2 Å². The predicted molar refractivity (Wildman–Crippen MR) is 191 cm³/mol. The van der Waals surface area contributed by atoms with E-state index < -0.39 is 6.10 Å². The molecule has 0 aromatic rings.